The summed E-state index contributed by atoms with van der Waals surface area (Å²) in [5.41, 5.74) is 0. The molecule has 4 heterocycles. The number of benzene rings is 1. The Kier molecular flexibility index (Phi) is 5.95. The Morgan fingerprint density at radius 3 is 2.71 bits per heavy atom. The molecule has 1 aromatic carbocycles. The smallest absolute Gasteiger partial charge is 0.320 e. The molecule has 4 aliphatic rings. The van der Waals surface area contributed by atoms with E-state index in [2.05, 4.69) is 10.6 Å². The van der Waals surface area contributed by atoms with Crippen molar-refractivity contribution in [2.45, 2.75) is 37.6 Å². The van der Waals surface area contributed by atoms with Gasteiger partial charge < -0.3 is 24.6 Å². The van der Waals surface area contributed by atoms with Gasteiger partial charge in [0.15, 0.2) is 0 Å². The number of nitrogens with zero attached hydrogens (tertiary/aromatic N) is 2. The van der Waals surface area contributed by atoms with Crippen molar-refractivity contribution in [3.8, 4) is 5.75 Å². The van der Waals surface area contributed by atoms with Gasteiger partial charge in [-0.15, -0.1) is 0 Å². The normalized spacial score (nSPS) is 31.5. The topological polar surface area (TPSA) is 83.1 Å². The van der Waals surface area contributed by atoms with E-state index in [0.29, 0.717) is 35.7 Å². The molecule has 2 N–H and O–H groups in total. The highest BCUT2D eigenvalue weighted by Gasteiger charge is 2.42. The number of amides is 3. The minimum atomic E-state index is -0.0961. The molecule has 4 fully saturated rings. The van der Waals surface area contributed by atoms with E-state index >= 15 is 0 Å². The standard InChI is InChI=1S/C22H29ClN4O4/c23-16-3-1-2-4-18(16)31-21-6-5-14(9-24-21)15-10-27(11-15)22(29)26-8-7-19-17(12-26)25-20(28)13-30-19/h1-4,14-15,17,19,21,24H,5-13H2,(H,25,28)/t14?,17-,19+,21?/m1/s1. The molecule has 0 aliphatic carbocycles. The summed E-state index contributed by atoms with van der Waals surface area (Å²) in [6, 6.07) is 7.53. The number of rotatable bonds is 3. The van der Waals surface area contributed by atoms with Gasteiger partial charge >= 0.3 is 6.03 Å². The summed E-state index contributed by atoms with van der Waals surface area (Å²) in [6.07, 6.45) is 2.78. The number of carbonyl (C=O) groups excluding carboxylic acids is 2. The third-order valence-corrected chi connectivity index (χ3v) is 7.27. The quantitative estimate of drug-likeness (QED) is 0.735. The van der Waals surface area contributed by atoms with Crippen LogP contribution in [0.3, 0.4) is 0 Å². The molecule has 2 unspecified atom stereocenters. The van der Waals surface area contributed by atoms with Gasteiger partial charge in [-0.2, -0.15) is 0 Å². The van der Waals surface area contributed by atoms with Gasteiger partial charge in [-0.25, -0.2) is 4.79 Å². The fourth-order valence-corrected chi connectivity index (χ4v) is 5.27. The first-order chi connectivity index (χ1) is 15.1. The van der Waals surface area contributed by atoms with Gasteiger partial charge in [-0.05, 0) is 43.2 Å². The first-order valence-corrected chi connectivity index (χ1v) is 11.5. The number of piperidine rings is 2. The van der Waals surface area contributed by atoms with Crippen LogP contribution in [0.15, 0.2) is 24.3 Å². The van der Waals surface area contributed by atoms with E-state index in [4.69, 9.17) is 21.1 Å². The summed E-state index contributed by atoms with van der Waals surface area (Å²) in [5.74, 6) is 1.69. The number of carbonyl (C=O) groups is 2. The molecule has 168 valence electrons. The molecule has 0 radical (unpaired) electrons. The molecular formula is C22H29ClN4O4. The van der Waals surface area contributed by atoms with E-state index < -0.39 is 0 Å². The van der Waals surface area contributed by atoms with Crippen LogP contribution in [0.25, 0.3) is 0 Å². The van der Waals surface area contributed by atoms with Crippen molar-refractivity contribution in [2.75, 3.05) is 39.3 Å². The summed E-state index contributed by atoms with van der Waals surface area (Å²) in [5, 5.41) is 7.07. The zero-order chi connectivity index (χ0) is 21.4. The summed E-state index contributed by atoms with van der Waals surface area (Å²) in [4.78, 5) is 28.3. The minimum Gasteiger partial charge on any atom is -0.474 e. The Labute approximate surface area is 187 Å². The zero-order valence-corrected chi connectivity index (χ0v) is 18.2. The third-order valence-electron chi connectivity index (χ3n) is 6.96. The summed E-state index contributed by atoms with van der Waals surface area (Å²) < 4.78 is 11.6. The Morgan fingerprint density at radius 2 is 1.94 bits per heavy atom. The van der Waals surface area contributed by atoms with Crippen LogP contribution in [0.5, 0.6) is 5.75 Å². The molecule has 0 spiro atoms. The number of fused-ring (bicyclic) bond motifs is 1. The van der Waals surface area contributed by atoms with Crippen molar-refractivity contribution in [1.82, 2.24) is 20.4 Å². The number of nitrogens with one attached hydrogen (secondary N) is 2. The molecule has 3 amide bonds. The SMILES string of the molecule is O=C1CO[C@H]2CCN(C(=O)N3CC(C4CCC(Oc5ccccc5Cl)NC4)C3)C[C@H]2N1. The molecule has 4 atom stereocenters. The zero-order valence-electron chi connectivity index (χ0n) is 17.5. The second-order valence-corrected chi connectivity index (χ2v) is 9.40. The van der Waals surface area contributed by atoms with E-state index in [9.17, 15) is 9.59 Å². The van der Waals surface area contributed by atoms with Gasteiger partial charge in [-0.1, -0.05) is 23.7 Å². The number of halogens is 1. The van der Waals surface area contributed by atoms with Crippen molar-refractivity contribution in [3.05, 3.63) is 29.3 Å². The van der Waals surface area contributed by atoms with Gasteiger partial charge in [-0.3, -0.25) is 10.1 Å². The highest BCUT2D eigenvalue weighted by atomic mass is 35.5. The lowest BCUT2D eigenvalue weighted by atomic mass is 9.81. The number of hydrogen-bond acceptors (Lipinski definition) is 5. The fraction of sp³-hybridized carbons (Fsp3) is 0.636. The lowest BCUT2D eigenvalue weighted by Gasteiger charge is -2.48. The van der Waals surface area contributed by atoms with Crippen LogP contribution < -0.4 is 15.4 Å². The van der Waals surface area contributed by atoms with E-state index in [1.807, 2.05) is 34.1 Å². The van der Waals surface area contributed by atoms with Gasteiger partial charge in [0.1, 0.15) is 18.6 Å². The van der Waals surface area contributed by atoms with Crippen LogP contribution in [0.1, 0.15) is 19.3 Å². The number of urea groups is 1. The van der Waals surface area contributed by atoms with Crippen LogP contribution in [0, 0.1) is 11.8 Å². The van der Waals surface area contributed by atoms with Gasteiger partial charge in [0, 0.05) is 32.7 Å². The van der Waals surface area contributed by atoms with Crippen molar-refractivity contribution < 1.29 is 19.1 Å². The predicted molar refractivity (Wildman–Crippen MR) is 115 cm³/mol. The van der Waals surface area contributed by atoms with Crippen molar-refractivity contribution in [3.63, 3.8) is 0 Å². The first-order valence-electron chi connectivity index (χ1n) is 11.2. The molecule has 31 heavy (non-hydrogen) atoms. The van der Waals surface area contributed by atoms with Gasteiger partial charge in [0.05, 0.1) is 17.2 Å². The molecule has 4 saturated heterocycles. The number of likely N-dealkylation sites (tertiary alicyclic amines) is 2. The van der Waals surface area contributed by atoms with Crippen LogP contribution in [0.4, 0.5) is 4.79 Å². The molecule has 0 aromatic heterocycles. The van der Waals surface area contributed by atoms with E-state index in [-0.39, 0.29) is 36.9 Å². The van der Waals surface area contributed by atoms with E-state index in [0.717, 1.165) is 38.9 Å². The lowest BCUT2D eigenvalue weighted by molar-refractivity contribution is -0.139. The maximum Gasteiger partial charge on any atom is 0.320 e. The summed E-state index contributed by atoms with van der Waals surface area (Å²) >= 11 is 6.19. The highest BCUT2D eigenvalue weighted by molar-refractivity contribution is 6.32. The Bertz CT molecular complexity index is 825. The second kappa shape index (κ2) is 8.84. The molecule has 1 aromatic rings. The molecule has 0 saturated carbocycles. The fourth-order valence-electron chi connectivity index (χ4n) is 5.09. The molecule has 0 bridgehead atoms. The lowest BCUT2D eigenvalue weighted by Crippen LogP contribution is -2.65. The highest BCUT2D eigenvalue weighted by Crippen LogP contribution is 2.32. The second-order valence-electron chi connectivity index (χ2n) is 8.99. The van der Waals surface area contributed by atoms with E-state index in [1.54, 1.807) is 0 Å². The minimum absolute atomic E-state index is 0.0248. The maximum atomic E-state index is 12.9. The van der Waals surface area contributed by atoms with Crippen LogP contribution in [-0.4, -0.2) is 79.4 Å². The molecule has 8 nitrogen and oxygen atoms in total. The molecule has 4 aliphatic heterocycles. The van der Waals surface area contributed by atoms with Gasteiger partial charge in [0.25, 0.3) is 0 Å². The van der Waals surface area contributed by atoms with Crippen molar-refractivity contribution >= 4 is 23.5 Å². The number of morpholine rings is 1. The largest absolute Gasteiger partial charge is 0.474 e. The van der Waals surface area contributed by atoms with Crippen LogP contribution in [-0.2, 0) is 9.53 Å². The average molecular weight is 449 g/mol. The molecule has 9 heteroatoms. The van der Waals surface area contributed by atoms with Crippen LogP contribution >= 0.6 is 11.6 Å². The predicted octanol–water partition coefficient (Wildman–Crippen LogP) is 1.69. The molecule has 5 rings (SSSR count). The average Bonchev–Trinajstić information content (AvgIpc) is 2.75. The van der Waals surface area contributed by atoms with Crippen molar-refractivity contribution in [1.29, 1.82) is 0 Å². The van der Waals surface area contributed by atoms with Crippen molar-refractivity contribution in [2.24, 2.45) is 11.8 Å². The van der Waals surface area contributed by atoms with Crippen LogP contribution in [0.2, 0.25) is 5.02 Å². The number of para-hydroxylation sites is 1. The number of hydrogen-bond donors (Lipinski definition) is 2. The maximum absolute atomic E-state index is 12.9. The Morgan fingerprint density at radius 1 is 1.10 bits per heavy atom. The number of ether oxygens (including phenoxy) is 2. The van der Waals surface area contributed by atoms with Gasteiger partial charge in [0.2, 0.25) is 5.91 Å². The molecular weight excluding hydrogens is 420 g/mol. The monoisotopic (exact) mass is 448 g/mol. The first kappa shape index (κ1) is 20.8. The Hall–Kier alpha value is -2.03. The summed E-state index contributed by atoms with van der Waals surface area (Å²) in [6.45, 7) is 3.83. The Balaban J connectivity index is 1.06. The van der Waals surface area contributed by atoms with E-state index in [1.165, 1.54) is 0 Å². The summed E-state index contributed by atoms with van der Waals surface area (Å²) in [7, 11) is 0. The third kappa shape index (κ3) is 4.47.